The molecule has 6 N–H and O–H groups in total. The number of carbonyl (C=O) groups is 5. The van der Waals surface area contributed by atoms with Crippen molar-refractivity contribution in [2.45, 2.75) is 136 Å². The minimum absolute atomic E-state index is 0.0755. The highest BCUT2D eigenvalue weighted by molar-refractivity contribution is 6.31. The van der Waals surface area contributed by atoms with E-state index in [4.69, 9.17) is 59.5 Å². The average Bonchev–Trinajstić information content (AvgIpc) is 3.45. The predicted octanol–water partition coefficient (Wildman–Crippen LogP) is 13.1. The van der Waals surface area contributed by atoms with Crippen LogP contribution in [0.2, 0.25) is 15.1 Å². The molecule has 0 saturated carbocycles. The topological polar surface area (TPSA) is 227 Å². The van der Waals surface area contributed by atoms with Gasteiger partial charge in [-0.2, -0.15) is 0 Å². The zero-order chi connectivity index (χ0) is 57.8. The summed E-state index contributed by atoms with van der Waals surface area (Å²) in [6.07, 6.45) is 3.30. The molecule has 0 bridgehead atoms. The third-order valence-corrected chi connectivity index (χ3v) is 14.1. The fourth-order valence-electron chi connectivity index (χ4n) is 9.66. The van der Waals surface area contributed by atoms with Gasteiger partial charge < -0.3 is 39.6 Å². The van der Waals surface area contributed by atoms with Gasteiger partial charge in [0, 0.05) is 88.3 Å². The molecule has 4 aliphatic rings. The van der Waals surface area contributed by atoms with Crippen LogP contribution in [0, 0.1) is 17.8 Å². The number of likely N-dealkylation sites (tertiary alicyclic amines) is 3. The molecule has 430 valence electrons. The Hall–Kier alpha value is -6.05. The molecular formula is C58H77Cl3N8O10. The standard InChI is InChI=1S/C25H30ClN5O3.C22H33ClN2O5.C11H14ClNO2/c26-19-1-2-21-20(14-19)23(34-25(33)29-21)17-6-11-31(12-7-17)24(32)18-4-9-30(10-5-18)15-16-3-8-28-22(27)13-16;1-21(2,3)29-19(27)24-17-8-7-15(23)13-16(17)18(26)14-9-11-25(12-10-14)20(28)30-22(4,5)6;1-11(2,3)15-10(14)13-9-6-4-8(12)5-7-9/h1-3,8,13-14,17-18,23H,4-7,9-12,15H2,(H2,27,28)(H,29,33);7-8,13-14,18,26H,9-12H2,1-6H3,(H,24,27);4-7H,1-3H3,(H,13,14). The monoisotopic (exact) mass is 1150 g/mol. The third-order valence-electron chi connectivity index (χ3n) is 13.4. The number of nitrogens with two attached hydrogens (primary N) is 1. The number of ether oxygens (including phenoxy) is 4. The van der Waals surface area contributed by atoms with E-state index in [0.717, 1.165) is 62.1 Å². The highest BCUT2D eigenvalue weighted by Gasteiger charge is 2.38. The molecule has 0 radical (unpaired) electrons. The van der Waals surface area contributed by atoms with Crippen molar-refractivity contribution in [1.82, 2.24) is 19.7 Å². The smallest absolute Gasteiger partial charge is 0.412 e. The lowest BCUT2D eigenvalue weighted by atomic mass is 9.85. The summed E-state index contributed by atoms with van der Waals surface area (Å²) in [4.78, 5) is 71.1. The number of nitrogens with zero attached hydrogens (tertiary/aromatic N) is 4. The van der Waals surface area contributed by atoms with Gasteiger partial charge in [-0.15, -0.1) is 0 Å². The van der Waals surface area contributed by atoms with Gasteiger partial charge in [0.2, 0.25) is 5.91 Å². The molecule has 1 aromatic heterocycles. The van der Waals surface area contributed by atoms with Crippen LogP contribution in [0.25, 0.3) is 0 Å². The highest BCUT2D eigenvalue weighted by atomic mass is 35.5. The molecule has 2 unspecified atom stereocenters. The van der Waals surface area contributed by atoms with Crippen molar-refractivity contribution in [3.8, 4) is 0 Å². The molecule has 8 rings (SSSR count). The predicted molar refractivity (Wildman–Crippen MR) is 308 cm³/mol. The summed E-state index contributed by atoms with van der Waals surface area (Å²) in [7, 11) is 0. The van der Waals surface area contributed by atoms with E-state index in [-0.39, 0.29) is 35.9 Å². The van der Waals surface area contributed by atoms with Crippen molar-refractivity contribution >= 4 is 88.0 Å². The summed E-state index contributed by atoms with van der Waals surface area (Å²) in [5, 5.41) is 20.8. The van der Waals surface area contributed by atoms with E-state index < -0.39 is 41.2 Å². The number of anilines is 4. The SMILES string of the molecule is CC(C)(C)OC(=O)Nc1ccc(Cl)cc1.CC(C)(C)OC(=O)Nc1ccc(Cl)cc1C(O)C1CCN(C(=O)OC(C)(C)C)CC1.Nc1cc(CN2CCC(C(=O)N3CCC(C4OC(=O)Nc5ccc(Cl)cc54)CC3)CC2)ccn1. The van der Waals surface area contributed by atoms with E-state index in [1.807, 2.05) is 70.7 Å². The summed E-state index contributed by atoms with van der Waals surface area (Å²) >= 11 is 18.1. The second-order valence-electron chi connectivity index (χ2n) is 23.2. The summed E-state index contributed by atoms with van der Waals surface area (Å²) < 4.78 is 21.5. The number of fused-ring (bicyclic) bond motifs is 1. The Labute approximate surface area is 479 Å². The second-order valence-corrected chi connectivity index (χ2v) is 24.5. The van der Waals surface area contributed by atoms with E-state index in [1.165, 1.54) is 0 Å². The normalized spacial score (nSPS) is 17.9. The van der Waals surface area contributed by atoms with Gasteiger partial charge >= 0.3 is 24.4 Å². The van der Waals surface area contributed by atoms with E-state index in [9.17, 15) is 29.1 Å². The number of cyclic esters (lactones) is 1. The first-order valence-electron chi connectivity index (χ1n) is 26.8. The van der Waals surface area contributed by atoms with E-state index in [1.54, 1.807) is 80.4 Å². The Morgan fingerprint density at radius 1 is 0.709 bits per heavy atom. The van der Waals surface area contributed by atoms with Gasteiger partial charge in [0.15, 0.2) is 0 Å². The molecule has 3 fully saturated rings. The summed E-state index contributed by atoms with van der Waals surface area (Å²) in [5.74, 6) is 0.962. The van der Waals surface area contributed by atoms with Crippen molar-refractivity contribution < 1.29 is 48.0 Å². The number of amides is 5. The Bertz CT molecular complexity index is 2730. The number of halogens is 3. The molecular weight excluding hydrogens is 1080 g/mol. The zero-order valence-electron chi connectivity index (χ0n) is 46.7. The minimum Gasteiger partial charge on any atom is -0.444 e. The molecule has 3 aromatic carbocycles. The fraction of sp³-hybridized carbons (Fsp3) is 0.517. The van der Waals surface area contributed by atoms with Crippen LogP contribution >= 0.6 is 34.8 Å². The number of aromatic nitrogens is 1. The first-order valence-corrected chi connectivity index (χ1v) is 27.9. The fourth-order valence-corrected chi connectivity index (χ4v) is 10.1. The Kier molecular flexibility index (Phi) is 21.6. The molecule has 3 saturated heterocycles. The van der Waals surface area contributed by atoms with Crippen LogP contribution in [0.1, 0.15) is 130 Å². The number of benzene rings is 3. The number of piperidine rings is 3. The van der Waals surface area contributed by atoms with E-state index >= 15 is 0 Å². The van der Waals surface area contributed by atoms with Crippen LogP contribution in [-0.4, -0.2) is 111 Å². The summed E-state index contributed by atoms with van der Waals surface area (Å²) in [6, 6.07) is 21.1. The van der Waals surface area contributed by atoms with Gasteiger partial charge in [-0.05, 0) is 198 Å². The van der Waals surface area contributed by atoms with Crippen molar-refractivity contribution in [2.75, 3.05) is 61.0 Å². The number of rotatable bonds is 8. The van der Waals surface area contributed by atoms with Gasteiger partial charge in [0.05, 0.1) is 11.8 Å². The largest absolute Gasteiger partial charge is 0.444 e. The number of nitrogen functional groups attached to an aromatic ring is 1. The number of pyridine rings is 1. The summed E-state index contributed by atoms with van der Waals surface area (Å²) in [6.45, 7) is 21.3. The van der Waals surface area contributed by atoms with Crippen LogP contribution in [0.15, 0.2) is 79.0 Å². The lowest BCUT2D eigenvalue weighted by Gasteiger charge is -2.40. The number of aliphatic hydroxyl groups excluding tert-OH is 1. The van der Waals surface area contributed by atoms with Crippen molar-refractivity contribution in [3.05, 3.63) is 111 Å². The molecule has 5 amide bonds. The van der Waals surface area contributed by atoms with Crippen LogP contribution < -0.4 is 21.7 Å². The number of hydrogen-bond donors (Lipinski definition) is 5. The van der Waals surface area contributed by atoms with Crippen LogP contribution in [-0.2, 0) is 30.3 Å². The lowest BCUT2D eigenvalue weighted by Crippen LogP contribution is -2.46. The number of nitrogens with one attached hydrogen (secondary N) is 3. The number of aliphatic hydroxyl groups is 1. The first-order chi connectivity index (χ1) is 37.1. The van der Waals surface area contributed by atoms with E-state index in [2.05, 4.69) is 25.8 Å². The lowest BCUT2D eigenvalue weighted by molar-refractivity contribution is -0.139. The Balaban J connectivity index is 0.000000205. The average molecular weight is 1150 g/mol. The highest BCUT2D eigenvalue weighted by Crippen LogP contribution is 2.42. The Morgan fingerprint density at radius 3 is 1.86 bits per heavy atom. The second kappa shape index (κ2) is 27.4. The molecule has 0 spiro atoms. The van der Waals surface area contributed by atoms with Crippen LogP contribution in [0.4, 0.5) is 42.1 Å². The van der Waals surface area contributed by atoms with Gasteiger partial charge in [0.1, 0.15) is 28.7 Å². The van der Waals surface area contributed by atoms with E-state index in [0.29, 0.717) is 76.8 Å². The first kappa shape index (κ1) is 62.2. The molecule has 2 atom stereocenters. The molecule has 79 heavy (non-hydrogen) atoms. The third kappa shape index (κ3) is 19.9. The van der Waals surface area contributed by atoms with Gasteiger partial charge in [0.25, 0.3) is 0 Å². The molecule has 4 aliphatic heterocycles. The van der Waals surface area contributed by atoms with Crippen molar-refractivity contribution in [3.63, 3.8) is 0 Å². The minimum atomic E-state index is -0.838. The molecule has 4 aromatic rings. The molecule has 5 heterocycles. The quantitative estimate of drug-likeness (QED) is 0.104. The Morgan fingerprint density at radius 2 is 1.27 bits per heavy atom. The maximum absolute atomic E-state index is 13.2. The molecule has 21 heteroatoms. The molecule has 0 aliphatic carbocycles. The summed E-state index contributed by atoms with van der Waals surface area (Å²) in [5.41, 5.74) is 8.59. The number of carbonyl (C=O) groups excluding carboxylic acids is 5. The van der Waals surface area contributed by atoms with Crippen LogP contribution in [0.5, 0.6) is 0 Å². The maximum atomic E-state index is 13.2. The van der Waals surface area contributed by atoms with Gasteiger partial charge in [-0.3, -0.25) is 25.6 Å². The van der Waals surface area contributed by atoms with Crippen LogP contribution in [0.3, 0.4) is 0 Å². The van der Waals surface area contributed by atoms with Crippen molar-refractivity contribution in [1.29, 1.82) is 0 Å². The molecule has 18 nitrogen and oxygen atoms in total. The number of hydrogen-bond acceptors (Lipinski definition) is 13. The maximum Gasteiger partial charge on any atom is 0.412 e. The zero-order valence-corrected chi connectivity index (χ0v) is 49.0. The van der Waals surface area contributed by atoms with Crippen molar-refractivity contribution in [2.24, 2.45) is 17.8 Å². The van der Waals surface area contributed by atoms with Gasteiger partial charge in [-0.1, -0.05) is 34.8 Å². The van der Waals surface area contributed by atoms with Gasteiger partial charge in [-0.25, -0.2) is 24.2 Å².